The van der Waals surface area contributed by atoms with Crippen molar-refractivity contribution in [3.8, 4) is 0 Å². The predicted octanol–water partition coefficient (Wildman–Crippen LogP) is 8.68. The maximum atomic E-state index is 13.4. The van der Waals surface area contributed by atoms with Gasteiger partial charge >= 0.3 is 12.2 Å². The van der Waals surface area contributed by atoms with Crippen molar-refractivity contribution < 1.29 is 55.3 Å². The van der Waals surface area contributed by atoms with Crippen molar-refractivity contribution in [2.75, 3.05) is 86.1 Å². The molecule has 4 amide bonds. The summed E-state index contributed by atoms with van der Waals surface area (Å²) in [6.45, 7) is 10.6. The second-order valence-electron chi connectivity index (χ2n) is 20.4. The fraction of sp³-hybridized carbons (Fsp3) is 0.355. The molecular formula is C62H76N8O12S2. The van der Waals surface area contributed by atoms with Gasteiger partial charge in [0.1, 0.15) is 18.7 Å². The Morgan fingerprint density at radius 1 is 0.548 bits per heavy atom. The van der Waals surface area contributed by atoms with Crippen LogP contribution in [-0.2, 0) is 57.0 Å². The van der Waals surface area contributed by atoms with E-state index in [0.717, 1.165) is 59.8 Å². The van der Waals surface area contributed by atoms with Gasteiger partial charge in [0, 0.05) is 68.6 Å². The minimum absolute atomic E-state index is 0.0701. The molecule has 2 atom stereocenters. The molecule has 2 aliphatic rings. The average Bonchev–Trinajstić information content (AvgIpc) is 3.67. The second kappa shape index (κ2) is 32.3. The molecule has 0 aliphatic carbocycles. The molecule has 20 nitrogen and oxygen atoms in total. The number of sulfonamides is 2. The summed E-state index contributed by atoms with van der Waals surface area (Å²) in [6, 6.07) is 44.4. The van der Waals surface area contributed by atoms with E-state index in [9.17, 15) is 41.1 Å². The largest absolute Gasteiger partial charge is 0.465 e. The van der Waals surface area contributed by atoms with E-state index in [-0.39, 0.29) is 42.3 Å². The quantitative estimate of drug-likeness (QED) is 0.0278. The number of carbonyl (C=O) groups excluding carboxylic acids is 3. The Kier molecular flexibility index (Phi) is 24.5. The van der Waals surface area contributed by atoms with Crippen molar-refractivity contribution in [3.05, 3.63) is 180 Å². The number of morpholine rings is 2. The molecule has 2 aliphatic heterocycles. The highest BCUT2D eigenvalue weighted by atomic mass is 32.2. The maximum absolute atomic E-state index is 13.4. The predicted molar refractivity (Wildman–Crippen MR) is 324 cm³/mol. The van der Waals surface area contributed by atoms with Crippen molar-refractivity contribution in [1.29, 1.82) is 0 Å². The highest BCUT2D eigenvalue weighted by molar-refractivity contribution is 7.89. The van der Waals surface area contributed by atoms with E-state index >= 15 is 0 Å². The van der Waals surface area contributed by atoms with Crippen LogP contribution >= 0.6 is 0 Å². The first-order valence-electron chi connectivity index (χ1n) is 28.1. The van der Waals surface area contributed by atoms with Gasteiger partial charge in [-0.2, -0.15) is 9.44 Å². The Morgan fingerprint density at radius 3 is 1.39 bits per heavy atom. The Labute approximate surface area is 493 Å². The molecule has 0 saturated carbocycles. The molecule has 84 heavy (non-hydrogen) atoms. The second-order valence-corrected chi connectivity index (χ2v) is 23.8. The molecule has 0 radical (unpaired) electrons. The zero-order valence-electron chi connectivity index (χ0n) is 47.5. The fourth-order valence-electron chi connectivity index (χ4n) is 9.18. The Hall–Kier alpha value is -7.86. The van der Waals surface area contributed by atoms with E-state index in [1.807, 2.05) is 98.8 Å². The molecule has 6 aromatic carbocycles. The minimum atomic E-state index is -3.98. The van der Waals surface area contributed by atoms with E-state index in [0.29, 0.717) is 70.0 Å². The van der Waals surface area contributed by atoms with Gasteiger partial charge in [-0.25, -0.2) is 26.4 Å². The number of rotatable bonds is 26. The molecular weight excluding hydrogens is 1110 g/mol. The first-order valence-corrected chi connectivity index (χ1v) is 31.1. The highest BCUT2D eigenvalue weighted by Gasteiger charge is 2.28. The molecule has 2 fully saturated rings. The Morgan fingerprint density at radius 2 is 0.964 bits per heavy atom. The number of unbranched alkanes of at least 4 members (excludes halogenated alkanes) is 2. The van der Waals surface area contributed by atoms with Gasteiger partial charge in [0.25, 0.3) is 0 Å². The molecule has 0 spiro atoms. The standard InChI is InChI=1S/2C31H38N4O6S/c1-24-10-16-28(17-11-24)42(39,40)33-29(9-5-6-18-35(31(37)38)23-25-7-3-2-4-8-25)30(36)32-26-12-14-27(15-13-26)34-19-21-41-22-20-34;1-24-10-16-28(17-11-24)42(38,39)34-29(9-5-6-18-32-31(37)41-23-25-7-3-2-4-8-25)30(36)33-26-12-14-27(15-13-26)35-19-21-40-22-20-35/h2-4,7-8,10-17,29,33H,5-6,9,18-23H2,1H3,(H,32,36)(H,37,38);2-4,7-8,10-17,29,34H,5-6,9,18-23H2,1H3,(H,32,37)(H,33,36)/t2*29-/m00/s1. The van der Waals surface area contributed by atoms with Crippen LogP contribution in [0.5, 0.6) is 0 Å². The lowest BCUT2D eigenvalue weighted by Gasteiger charge is -2.29. The lowest BCUT2D eigenvalue weighted by atomic mass is 10.1. The number of nitrogens with zero attached hydrogens (tertiary/aromatic N) is 3. The van der Waals surface area contributed by atoms with Crippen LogP contribution in [0.4, 0.5) is 32.3 Å². The molecule has 6 aromatic rings. The van der Waals surface area contributed by atoms with Crippen LogP contribution < -0.4 is 35.2 Å². The van der Waals surface area contributed by atoms with Gasteiger partial charge in [-0.15, -0.1) is 0 Å². The van der Waals surface area contributed by atoms with Gasteiger partial charge in [0.15, 0.2) is 0 Å². The van der Waals surface area contributed by atoms with Crippen LogP contribution in [0.2, 0.25) is 0 Å². The summed E-state index contributed by atoms with van der Waals surface area (Å²) < 4.78 is 73.8. The zero-order chi connectivity index (χ0) is 59.7. The van der Waals surface area contributed by atoms with Gasteiger partial charge in [0.05, 0.1) is 36.2 Å². The number of hydrogen-bond acceptors (Lipinski definition) is 13. The number of ether oxygens (including phenoxy) is 3. The van der Waals surface area contributed by atoms with Crippen LogP contribution in [0.1, 0.15) is 60.8 Å². The number of aryl methyl sites for hydroxylation is 2. The summed E-state index contributed by atoms with van der Waals surface area (Å²) in [5.41, 5.74) is 6.78. The van der Waals surface area contributed by atoms with Gasteiger partial charge in [-0.05, 0) is 136 Å². The van der Waals surface area contributed by atoms with E-state index in [1.54, 1.807) is 48.5 Å². The minimum Gasteiger partial charge on any atom is -0.465 e. The highest BCUT2D eigenvalue weighted by Crippen LogP contribution is 2.23. The summed E-state index contributed by atoms with van der Waals surface area (Å²) in [7, 11) is -7.92. The molecule has 8 rings (SSSR count). The van der Waals surface area contributed by atoms with Crippen molar-refractivity contribution in [2.24, 2.45) is 0 Å². The number of carbonyl (C=O) groups is 4. The Balaban J connectivity index is 0.000000241. The zero-order valence-corrected chi connectivity index (χ0v) is 49.1. The van der Waals surface area contributed by atoms with Crippen LogP contribution in [0.3, 0.4) is 0 Å². The third-order valence-electron chi connectivity index (χ3n) is 14.0. The number of benzene rings is 6. The van der Waals surface area contributed by atoms with Crippen LogP contribution in [0.15, 0.2) is 168 Å². The molecule has 6 N–H and O–H groups in total. The number of carboxylic acid groups (broad SMARTS) is 1. The monoisotopic (exact) mass is 1190 g/mol. The first-order chi connectivity index (χ1) is 40.5. The first kappa shape index (κ1) is 63.7. The SMILES string of the molecule is Cc1ccc(S(=O)(=O)N[C@@H](CCCCN(Cc2ccccc2)C(=O)O)C(=O)Nc2ccc(N3CCOCC3)cc2)cc1.Cc1ccc(S(=O)(=O)N[C@@H](CCCCNC(=O)OCc2ccccc2)C(=O)Nc2ccc(N3CCOCC3)cc2)cc1. The topological polar surface area (TPSA) is 254 Å². The normalized spacial score (nSPS) is 14.2. The van der Waals surface area contributed by atoms with E-state index < -0.39 is 56.1 Å². The fourth-order valence-corrected chi connectivity index (χ4v) is 11.6. The average molecular weight is 1190 g/mol. The van der Waals surface area contributed by atoms with Gasteiger partial charge < -0.3 is 50.0 Å². The van der Waals surface area contributed by atoms with Crippen molar-refractivity contribution in [1.82, 2.24) is 19.7 Å². The van der Waals surface area contributed by atoms with Gasteiger partial charge in [-0.1, -0.05) is 96.1 Å². The van der Waals surface area contributed by atoms with Gasteiger partial charge in [-0.3, -0.25) is 9.59 Å². The van der Waals surface area contributed by atoms with Crippen LogP contribution in [0.25, 0.3) is 0 Å². The number of alkyl carbamates (subject to hydrolysis) is 1. The van der Waals surface area contributed by atoms with Crippen molar-refractivity contribution in [3.63, 3.8) is 0 Å². The smallest absolute Gasteiger partial charge is 0.407 e. The molecule has 22 heteroatoms. The third kappa shape index (κ3) is 20.8. The van der Waals surface area contributed by atoms with Crippen molar-refractivity contribution >= 4 is 66.8 Å². The number of amides is 4. The van der Waals surface area contributed by atoms with E-state index in [2.05, 4.69) is 35.2 Å². The Bertz CT molecular complexity index is 3240. The summed E-state index contributed by atoms with van der Waals surface area (Å²) in [6.07, 6.45) is 0.786. The number of nitrogens with one attached hydrogen (secondary N) is 5. The van der Waals surface area contributed by atoms with Gasteiger partial charge in [0.2, 0.25) is 31.9 Å². The molecule has 2 heterocycles. The molecule has 0 bridgehead atoms. The molecule has 0 aromatic heterocycles. The van der Waals surface area contributed by atoms with E-state index in [4.69, 9.17) is 14.2 Å². The van der Waals surface area contributed by atoms with E-state index in [1.165, 1.54) is 29.2 Å². The lowest BCUT2D eigenvalue weighted by molar-refractivity contribution is -0.118. The van der Waals surface area contributed by atoms with Crippen LogP contribution in [-0.4, -0.2) is 129 Å². The molecule has 2 saturated heterocycles. The third-order valence-corrected chi connectivity index (χ3v) is 16.9. The maximum Gasteiger partial charge on any atom is 0.407 e. The number of anilines is 4. The van der Waals surface area contributed by atoms with Crippen molar-refractivity contribution in [2.45, 2.75) is 87.4 Å². The number of hydrogen-bond donors (Lipinski definition) is 6. The molecule has 0 unspecified atom stereocenters. The summed E-state index contributed by atoms with van der Waals surface area (Å²) in [4.78, 5) is 56.4. The lowest BCUT2D eigenvalue weighted by Crippen LogP contribution is -2.43. The van der Waals surface area contributed by atoms with Crippen LogP contribution in [0, 0.1) is 13.8 Å². The summed E-state index contributed by atoms with van der Waals surface area (Å²) >= 11 is 0. The molecule has 448 valence electrons. The summed E-state index contributed by atoms with van der Waals surface area (Å²) in [5, 5.41) is 18.0. The summed E-state index contributed by atoms with van der Waals surface area (Å²) in [5.74, 6) is -0.941.